The van der Waals surface area contributed by atoms with Crippen molar-refractivity contribution in [1.29, 1.82) is 0 Å². The van der Waals surface area contributed by atoms with Crippen molar-refractivity contribution in [2.45, 2.75) is 39.4 Å². The molecule has 0 bridgehead atoms. The summed E-state index contributed by atoms with van der Waals surface area (Å²) in [5.41, 5.74) is 2.35. The summed E-state index contributed by atoms with van der Waals surface area (Å²) in [6.45, 7) is 7.52. The van der Waals surface area contributed by atoms with Crippen LogP contribution in [0.1, 0.15) is 29.1 Å². The first-order chi connectivity index (χ1) is 14.0. The lowest BCUT2D eigenvalue weighted by Crippen LogP contribution is -2.44. The Morgan fingerprint density at radius 3 is 2.48 bits per heavy atom. The van der Waals surface area contributed by atoms with Crippen LogP contribution in [0.25, 0.3) is 0 Å². The molecule has 0 saturated carbocycles. The monoisotopic (exact) mass is 400 g/mol. The molecule has 3 rings (SSSR count). The number of methoxy groups -OCH3 is 2. The van der Waals surface area contributed by atoms with Crippen LogP contribution in [0.2, 0.25) is 0 Å². The fraction of sp³-hybridized carbons (Fsp3) is 0.500. The van der Waals surface area contributed by atoms with E-state index in [0.717, 1.165) is 60.6 Å². The second-order valence-electron chi connectivity index (χ2n) is 7.45. The molecule has 1 saturated heterocycles. The number of ether oxygens (including phenoxy) is 2. The fourth-order valence-corrected chi connectivity index (χ4v) is 3.74. The Kier molecular flexibility index (Phi) is 7.04. The number of guanidine groups is 1. The summed E-state index contributed by atoms with van der Waals surface area (Å²) in [6, 6.07) is 8.46. The number of hydrogen-bond acceptors (Lipinski definition) is 5. The Morgan fingerprint density at radius 2 is 1.90 bits per heavy atom. The molecule has 2 aromatic rings. The number of nitrogens with one attached hydrogen (secondary N) is 2. The average molecular weight is 401 g/mol. The molecule has 7 heteroatoms. The van der Waals surface area contributed by atoms with Crippen LogP contribution in [0.5, 0.6) is 11.5 Å². The van der Waals surface area contributed by atoms with Gasteiger partial charge in [0.2, 0.25) is 0 Å². The molecule has 0 amide bonds. The Balaban J connectivity index is 1.51. The van der Waals surface area contributed by atoms with Crippen LogP contribution in [0.15, 0.2) is 33.7 Å². The van der Waals surface area contributed by atoms with Gasteiger partial charge in [-0.3, -0.25) is 9.89 Å². The van der Waals surface area contributed by atoms with Crippen LogP contribution in [0.4, 0.5) is 0 Å². The number of nitrogens with zero attached hydrogens (tertiary/aromatic N) is 2. The molecule has 1 aliphatic heterocycles. The van der Waals surface area contributed by atoms with Gasteiger partial charge in [-0.15, -0.1) is 0 Å². The van der Waals surface area contributed by atoms with Gasteiger partial charge in [-0.05, 0) is 44.0 Å². The summed E-state index contributed by atoms with van der Waals surface area (Å²) < 4.78 is 16.4. The van der Waals surface area contributed by atoms with Gasteiger partial charge in [0.1, 0.15) is 23.0 Å². The summed E-state index contributed by atoms with van der Waals surface area (Å²) in [5.74, 6) is 4.34. The second kappa shape index (κ2) is 9.69. The zero-order valence-corrected chi connectivity index (χ0v) is 18.0. The second-order valence-corrected chi connectivity index (χ2v) is 7.45. The topological polar surface area (TPSA) is 71.3 Å². The summed E-state index contributed by atoms with van der Waals surface area (Å²) in [7, 11) is 5.16. The third-order valence-corrected chi connectivity index (χ3v) is 5.24. The summed E-state index contributed by atoms with van der Waals surface area (Å²) in [5, 5.41) is 6.93. The van der Waals surface area contributed by atoms with E-state index in [1.54, 1.807) is 21.3 Å². The highest BCUT2D eigenvalue weighted by molar-refractivity contribution is 5.80. The number of rotatable bonds is 7. The molecular formula is C22H32N4O3. The summed E-state index contributed by atoms with van der Waals surface area (Å²) >= 11 is 0. The van der Waals surface area contributed by atoms with Gasteiger partial charge in [0.15, 0.2) is 5.96 Å². The first-order valence-corrected chi connectivity index (χ1v) is 9.98. The van der Waals surface area contributed by atoms with Gasteiger partial charge in [0, 0.05) is 50.9 Å². The van der Waals surface area contributed by atoms with Crippen LogP contribution in [0.3, 0.4) is 0 Å². The van der Waals surface area contributed by atoms with E-state index in [0.29, 0.717) is 12.6 Å². The van der Waals surface area contributed by atoms with Crippen molar-refractivity contribution >= 4 is 5.96 Å². The number of benzene rings is 1. The number of furan rings is 1. The number of aryl methyl sites for hydroxylation is 2. The summed E-state index contributed by atoms with van der Waals surface area (Å²) in [6.07, 6.45) is 1.08. The van der Waals surface area contributed by atoms with Crippen LogP contribution >= 0.6 is 0 Å². The molecule has 0 aliphatic carbocycles. The number of aliphatic imine (C=N–C) groups is 1. The molecular weight excluding hydrogens is 368 g/mol. The first-order valence-electron chi connectivity index (χ1n) is 9.98. The van der Waals surface area contributed by atoms with E-state index in [2.05, 4.69) is 38.7 Å². The van der Waals surface area contributed by atoms with E-state index in [-0.39, 0.29) is 0 Å². The van der Waals surface area contributed by atoms with Crippen molar-refractivity contribution < 1.29 is 13.9 Å². The molecule has 0 spiro atoms. The maximum Gasteiger partial charge on any atom is 0.191 e. The van der Waals surface area contributed by atoms with Crippen molar-refractivity contribution in [2.24, 2.45) is 4.99 Å². The molecule has 2 N–H and O–H groups in total. The van der Waals surface area contributed by atoms with Gasteiger partial charge in [0.25, 0.3) is 0 Å². The average Bonchev–Trinajstić information content (AvgIpc) is 3.29. The summed E-state index contributed by atoms with van der Waals surface area (Å²) in [4.78, 5) is 6.80. The van der Waals surface area contributed by atoms with Gasteiger partial charge < -0.3 is 24.5 Å². The van der Waals surface area contributed by atoms with Gasteiger partial charge in [-0.1, -0.05) is 0 Å². The number of hydrogen-bond donors (Lipinski definition) is 2. The van der Waals surface area contributed by atoms with E-state index in [1.807, 2.05) is 19.9 Å². The lowest BCUT2D eigenvalue weighted by molar-refractivity contribution is 0.321. The highest BCUT2D eigenvalue weighted by Crippen LogP contribution is 2.24. The molecule has 1 fully saturated rings. The Hall–Kier alpha value is -2.67. The molecule has 1 aromatic carbocycles. The predicted octanol–water partition coefficient (Wildman–Crippen LogP) is 2.85. The quantitative estimate of drug-likeness (QED) is 0.550. The highest BCUT2D eigenvalue weighted by Gasteiger charge is 2.23. The van der Waals surface area contributed by atoms with E-state index >= 15 is 0 Å². The van der Waals surface area contributed by atoms with Crippen LogP contribution < -0.4 is 20.1 Å². The van der Waals surface area contributed by atoms with Crippen molar-refractivity contribution in [3.63, 3.8) is 0 Å². The lowest BCUT2D eigenvalue weighted by Gasteiger charge is -2.19. The van der Waals surface area contributed by atoms with E-state index in [9.17, 15) is 0 Å². The first kappa shape index (κ1) is 21.0. The maximum absolute atomic E-state index is 5.59. The van der Waals surface area contributed by atoms with Crippen LogP contribution in [-0.2, 0) is 13.1 Å². The Labute approximate surface area is 173 Å². The standard InChI is InChI=1S/C22H32N4O3/c1-15-8-18(16(2)29-15)12-24-22(23-3)25-19-6-7-26(14-19)13-17-9-20(27-4)11-21(10-17)28-5/h8-11,19H,6-7,12-14H2,1-5H3,(H2,23,24,25). The van der Waals surface area contributed by atoms with E-state index < -0.39 is 0 Å². The number of likely N-dealkylation sites (tertiary alicyclic amines) is 1. The minimum atomic E-state index is 0.362. The largest absolute Gasteiger partial charge is 0.497 e. The van der Waals surface area contributed by atoms with Crippen molar-refractivity contribution in [3.8, 4) is 11.5 Å². The molecule has 7 nitrogen and oxygen atoms in total. The van der Waals surface area contributed by atoms with Gasteiger partial charge in [0.05, 0.1) is 14.2 Å². The molecule has 158 valence electrons. The SMILES string of the molecule is CN=C(NCc1cc(C)oc1C)NC1CCN(Cc2cc(OC)cc(OC)c2)C1. The minimum Gasteiger partial charge on any atom is -0.497 e. The lowest BCUT2D eigenvalue weighted by atomic mass is 10.2. The molecule has 1 atom stereocenters. The van der Waals surface area contributed by atoms with Crippen LogP contribution in [-0.4, -0.2) is 51.3 Å². The third-order valence-electron chi connectivity index (χ3n) is 5.24. The molecule has 29 heavy (non-hydrogen) atoms. The van der Waals surface area contributed by atoms with Gasteiger partial charge >= 0.3 is 0 Å². The highest BCUT2D eigenvalue weighted by atomic mass is 16.5. The molecule has 1 unspecified atom stereocenters. The maximum atomic E-state index is 5.59. The van der Waals surface area contributed by atoms with Crippen LogP contribution in [0, 0.1) is 13.8 Å². The van der Waals surface area contributed by atoms with Crippen molar-refractivity contribution in [2.75, 3.05) is 34.4 Å². The van der Waals surface area contributed by atoms with Gasteiger partial charge in [-0.2, -0.15) is 0 Å². The Bertz CT molecular complexity index is 824. The fourth-order valence-electron chi connectivity index (χ4n) is 3.74. The zero-order valence-electron chi connectivity index (χ0n) is 18.0. The van der Waals surface area contributed by atoms with Crippen molar-refractivity contribution in [1.82, 2.24) is 15.5 Å². The van der Waals surface area contributed by atoms with Gasteiger partial charge in [-0.25, -0.2) is 0 Å². The normalized spacial score (nSPS) is 17.4. The Morgan fingerprint density at radius 1 is 1.17 bits per heavy atom. The molecule has 1 aliphatic rings. The molecule has 1 aromatic heterocycles. The van der Waals surface area contributed by atoms with E-state index in [1.165, 1.54) is 5.56 Å². The smallest absolute Gasteiger partial charge is 0.191 e. The minimum absolute atomic E-state index is 0.362. The molecule has 0 radical (unpaired) electrons. The third kappa shape index (κ3) is 5.67. The predicted molar refractivity (Wildman–Crippen MR) is 115 cm³/mol. The van der Waals surface area contributed by atoms with E-state index in [4.69, 9.17) is 13.9 Å². The molecule has 2 heterocycles. The zero-order chi connectivity index (χ0) is 20.8. The van der Waals surface area contributed by atoms with Crippen molar-refractivity contribution in [3.05, 3.63) is 46.9 Å².